The highest BCUT2D eigenvalue weighted by Crippen LogP contribution is 2.62. The molecule has 0 radical (unpaired) electrons. The second kappa shape index (κ2) is 8.71. The monoisotopic (exact) mass is 448 g/mol. The molecule has 0 nitrogen and oxygen atoms in total. The SMILES string of the molecule is CCCCCCC(F)(F)C(F)(F)C(F)(F)P(C)c1c(F)c(F)c(F)c(F)c1F. The van der Waals surface area contributed by atoms with Crippen LogP contribution in [0, 0.1) is 29.1 Å². The zero-order valence-electron chi connectivity index (χ0n) is 14.6. The van der Waals surface area contributed by atoms with E-state index in [1.807, 2.05) is 0 Å². The first kappa shape index (κ1) is 24.9. The van der Waals surface area contributed by atoms with E-state index in [2.05, 4.69) is 0 Å². The summed E-state index contributed by atoms with van der Waals surface area (Å²) in [6.45, 7) is 1.74. The Morgan fingerprint density at radius 3 is 1.54 bits per heavy atom. The van der Waals surface area contributed by atoms with Gasteiger partial charge in [0.1, 0.15) is 0 Å². The highest BCUT2D eigenvalue weighted by atomic mass is 31.1. The van der Waals surface area contributed by atoms with E-state index in [9.17, 15) is 48.3 Å². The highest BCUT2D eigenvalue weighted by Gasteiger charge is 2.73. The van der Waals surface area contributed by atoms with Crippen LogP contribution in [0.5, 0.6) is 0 Å². The van der Waals surface area contributed by atoms with Crippen molar-refractivity contribution in [2.24, 2.45) is 0 Å². The summed E-state index contributed by atoms with van der Waals surface area (Å²) >= 11 is 0. The summed E-state index contributed by atoms with van der Waals surface area (Å²) in [7, 11) is -4.24. The van der Waals surface area contributed by atoms with Crippen LogP contribution in [-0.2, 0) is 0 Å². The van der Waals surface area contributed by atoms with E-state index in [0.29, 0.717) is 12.8 Å². The van der Waals surface area contributed by atoms with Gasteiger partial charge in [-0.15, -0.1) is 0 Å². The highest BCUT2D eigenvalue weighted by molar-refractivity contribution is 7.66. The molecule has 0 spiro atoms. The summed E-state index contributed by atoms with van der Waals surface area (Å²) in [6.07, 6.45) is -1.14. The molecule has 0 aliphatic heterocycles. The predicted molar refractivity (Wildman–Crippen MR) is 82.3 cm³/mol. The van der Waals surface area contributed by atoms with Gasteiger partial charge < -0.3 is 0 Å². The van der Waals surface area contributed by atoms with Gasteiger partial charge in [-0.05, 0) is 13.1 Å². The third-order valence-corrected chi connectivity index (χ3v) is 6.31. The molecule has 0 fully saturated rings. The molecule has 0 amide bonds. The Morgan fingerprint density at radius 1 is 0.679 bits per heavy atom. The third-order valence-electron chi connectivity index (χ3n) is 4.12. The third kappa shape index (κ3) is 4.24. The van der Waals surface area contributed by atoms with E-state index in [1.54, 1.807) is 6.92 Å². The van der Waals surface area contributed by atoms with Crippen LogP contribution in [0.2, 0.25) is 0 Å². The largest absolute Gasteiger partial charge is 0.375 e. The minimum absolute atomic E-state index is 0.0503. The Hall–Kier alpha value is -1.12. The van der Waals surface area contributed by atoms with Crippen LogP contribution in [0.1, 0.15) is 39.0 Å². The smallest absolute Gasteiger partial charge is 0.203 e. The molecule has 0 aromatic heterocycles. The molecule has 1 aromatic carbocycles. The van der Waals surface area contributed by atoms with E-state index in [1.165, 1.54) is 0 Å². The summed E-state index contributed by atoms with van der Waals surface area (Å²) < 4.78 is 151. The van der Waals surface area contributed by atoms with Crippen LogP contribution in [0.25, 0.3) is 0 Å². The topological polar surface area (TPSA) is 0 Å². The van der Waals surface area contributed by atoms with E-state index < -0.39 is 72.7 Å². The predicted octanol–water partition coefficient (Wildman–Crippen LogP) is 6.95. The Bertz CT molecular complexity index is 673. The molecule has 1 atom stereocenters. The van der Waals surface area contributed by atoms with Gasteiger partial charge in [-0.2, -0.15) is 26.3 Å². The molecule has 0 aliphatic carbocycles. The maximum Gasteiger partial charge on any atom is 0.375 e. The van der Waals surface area contributed by atoms with Gasteiger partial charge in [0, 0.05) is 14.3 Å². The molecule has 1 aromatic rings. The van der Waals surface area contributed by atoms with E-state index in [0.717, 1.165) is 0 Å². The summed E-state index contributed by atoms with van der Waals surface area (Å²) in [5.74, 6) is -24.8. The van der Waals surface area contributed by atoms with Gasteiger partial charge >= 0.3 is 17.5 Å². The zero-order valence-corrected chi connectivity index (χ0v) is 15.5. The molecule has 162 valence electrons. The van der Waals surface area contributed by atoms with Gasteiger partial charge in [0.2, 0.25) is 5.82 Å². The molecular weight excluding hydrogens is 432 g/mol. The number of hydrogen-bond acceptors (Lipinski definition) is 0. The van der Waals surface area contributed by atoms with Crippen LogP contribution in [-0.4, -0.2) is 24.2 Å². The van der Waals surface area contributed by atoms with Crippen molar-refractivity contribution in [1.82, 2.24) is 0 Å². The van der Waals surface area contributed by atoms with Crippen LogP contribution in [0.3, 0.4) is 0 Å². The van der Waals surface area contributed by atoms with Crippen LogP contribution in [0.15, 0.2) is 0 Å². The van der Waals surface area contributed by atoms with Gasteiger partial charge in [0.15, 0.2) is 23.3 Å². The number of rotatable bonds is 9. The standard InChI is InChI=1S/C16H16F11P/c1-3-4-5-6-7-14(22,23)15(24,25)16(26,27)28(2)13-11(20)9(18)8(17)10(19)12(13)21/h3-7H2,1-2H3. The zero-order chi connectivity index (χ0) is 22.1. The quantitative estimate of drug-likeness (QED) is 0.126. The lowest BCUT2D eigenvalue weighted by Gasteiger charge is -2.36. The summed E-state index contributed by atoms with van der Waals surface area (Å²) in [6, 6.07) is 0. The minimum Gasteiger partial charge on any atom is -0.203 e. The second-order valence-electron chi connectivity index (χ2n) is 6.11. The van der Waals surface area contributed by atoms with E-state index in [-0.39, 0.29) is 13.1 Å². The van der Waals surface area contributed by atoms with Crippen molar-refractivity contribution in [3.05, 3.63) is 29.1 Å². The van der Waals surface area contributed by atoms with Crippen molar-refractivity contribution in [3.63, 3.8) is 0 Å². The number of alkyl halides is 6. The Labute approximate surface area is 154 Å². The first-order valence-corrected chi connectivity index (χ1v) is 9.82. The van der Waals surface area contributed by atoms with Gasteiger partial charge in [-0.3, -0.25) is 0 Å². The van der Waals surface area contributed by atoms with Gasteiger partial charge in [0.25, 0.3) is 0 Å². The molecule has 0 N–H and O–H groups in total. The fourth-order valence-corrected chi connectivity index (χ4v) is 4.04. The first-order chi connectivity index (χ1) is 12.6. The van der Waals surface area contributed by atoms with Crippen LogP contribution < -0.4 is 5.30 Å². The molecule has 0 aliphatic rings. The molecule has 12 heteroatoms. The lowest BCUT2D eigenvalue weighted by molar-refractivity contribution is -0.280. The van der Waals surface area contributed by atoms with Crippen LogP contribution in [0.4, 0.5) is 48.3 Å². The van der Waals surface area contributed by atoms with Crippen molar-refractivity contribution < 1.29 is 48.3 Å². The Kier molecular flexibility index (Phi) is 7.75. The van der Waals surface area contributed by atoms with Crippen molar-refractivity contribution in [3.8, 4) is 0 Å². The molecule has 0 bridgehead atoms. The number of benzene rings is 1. The van der Waals surface area contributed by atoms with Crippen molar-refractivity contribution in [2.45, 2.75) is 56.5 Å². The molecule has 1 rings (SSSR count). The summed E-state index contributed by atoms with van der Waals surface area (Å²) in [5.41, 5.74) is -5.75. The molecular formula is C16H16F11P. The van der Waals surface area contributed by atoms with Crippen LogP contribution >= 0.6 is 7.92 Å². The van der Waals surface area contributed by atoms with E-state index in [4.69, 9.17) is 0 Å². The maximum atomic E-state index is 14.2. The summed E-state index contributed by atoms with van der Waals surface area (Å²) in [4.78, 5) is 0. The lowest BCUT2D eigenvalue weighted by atomic mass is 10.0. The molecule has 0 saturated carbocycles. The average Bonchev–Trinajstić information content (AvgIpc) is 2.61. The Morgan fingerprint density at radius 2 is 1.11 bits per heavy atom. The van der Waals surface area contributed by atoms with Crippen molar-refractivity contribution in [1.29, 1.82) is 0 Å². The van der Waals surface area contributed by atoms with Crippen molar-refractivity contribution >= 4 is 13.2 Å². The normalized spacial score (nSPS) is 14.5. The van der Waals surface area contributed by atoms with Gasteiger partial charge in [0.05, 0.1) is 5.30 Å². The fourth-order valence-electron chi connectivity index (χ4n) is 2.39. The summed E-state index contributed by atoms with van der Waals surface area (Å²) in [5, 5.41) is -2.22. The van der Waals surface area contributed by atoms with Gasteiger partial charge in [-0.1, -0.05) is 26.2 Å². The van der Waals surface area contributed by atoms with Gasteiger partial charge in [-0.25, -0.2) is 22.0 Å². The maximum absolute atomic E-state index is 14.2. The molecule has 0 saturated heterocycles. The second-order valence-corrected chi connectivity index (χ2v) is 8.24. The first-order valence-electron chi connectivity index (χ1n) is 8.03. The average molecular weight is 448 g/mol. The number of halogens is 11. The number of hydrogen-bond donors (Lipinski definition) is 0. The van der Waals surface area contributed by atoms with Crippen molar-refractivity contribution in [2.75, 3.05) is 6.66 Å². The lowest BCUT2D eigenvalue weighted by Crippen LogP contribution is -2.54. The molecule has 1 unspecified atom stereocenters. The number of unbranched alkanes of at least 4 members (excludes halogenated alkanes) is 3. The fraction of sp³-hybridized carbons (Fsp3) is 0.625. The minimum atomic E-state index is -6.08. The Balaban J connectivity index is 3.34. The molecule has 28 heavy (non-hydrogen) atoms. The molecule has 0 heterocycles. The van der Waals surface area contributed by atoms with E-state index >= 15 is 0 Å².